The summed E-state index contributed by atoms with van der Waals surface area (Å²) < 4.78 is 5.52. The van der Waals surface area contributed by atoms with Crippen LogP contribution in [-0.4, -0.2) is 32.8 Å². The van der Waals surface area contributed by atoms with Crippen LogP contribution in [0, 0.1) is 0 Å². The average Bonchev–Trinajstić information content (AvgIpc) is 2.39. The topological polar surface area (TPSA) is 24.5 Å². The predicted octanol–water partition coefficient (Wildman–Crippen LogP) is 2.58. The monoisotopic (exact) mass is 262 g/mol. The van der Waals surface area contributed by atoms with Crippen LogP contribution in [0.1, 0.15) is 31.4 Å². The molecule has 0 spiro atoms. The highest BCUT2D eigenvalue weighted by atomic mass is 16.5. The van der Waals surface area contributed by atoms with E-state index in [0.717, 1.165) is 19.7 Å². The summed E-state index contributed by atoms with van der Waals surface area (Å²) in [5.74, 6) is 0. The molecule has 3 nitrogen and oxygen atoms in total. The standard InChI is InChI=1S/C16H26N2O/c1-4-19-13(2)11-17-12-14-7-8-16-15(10-14)6-5-9-18(16)3/h7-8,10,13,17H,4-6,9,11-12H2,1-3H3. The summed E-state index contributed by atoms with van der Waals surface area (Å²) in [5.41, 5.74) is 4.27. The van der Waals surface area contributed by atoms with Crippen molar-refractivity contribution in [2.45, 2.75) is 39.3 Å². The molecule has 1 aromatic carbocycles. The summed E-state index contributed by atoms with van der Waals surface area (Å²) in [6, 6.07) is 6.85. The largest absolute Gasteiger partial charge is 0.377 e. The Morgan fingerprint density at radius 3 is 3.05 bits per heavy atom. The van der Waals surface area contributed by atoms with Gasteiger partial charge in [0.2, 0.25) is 0 Å². The van der Waals surface area contributed by atoms with Gasteiger partial charge in [0.15, 0.2) is 0 Å². The van der Waals surface area contributed by atoms with E-state index in [1.807, 2.05) is 6.92 Å². The lowest BCUT2D eigenvalue weighted by atomic mass is 9.99. The molecule has 1 aromatic rings. The zero-order valence-electron chi connectivity index (χ0n) is 12.4. The van der Waals surface area contributed by atoms with Gasteiger partial charge in [-0.25, -0.2) is 0 Å². The number of fused-ring (bicyclic) bond motifs is 1. The van der Waals surface area contributed by atoms with E-state index in [9.17, 15) is 0 Å². The van der Waals surface area contributed by atoms with E-state index < -0.39 is 0 Å². The van der Waals surface area contributed by atoms with Crippen molar-refractivity contribution in [1.82, 2.24) is 5.32 Å². The third-order valence-electron chi connectivity index (χ3n) is 3.71. The van der Waals surface area contributed by atoms with Crippen LogP contribution in [0.4, 0.5) is 5.69 Å². The molecule has 0 saturated carbocycles. The molecule has 1 aliphatic heterocycles. The summed E-state index contributed by atoms with van der Waals surface area (Å²) in [6.45, 7) is 7.94. The Hall–Kier alpha value is -1.06. The molecule has 1 unspecified atom stereocenters. The summed E-state index contributed by atoms with van der Waals surface area (Å²) >= 11 is 0. The third kappa shape index (κ3) is 3.95. The molecule has 0 radical (unpaired) electrons. The van der Waals surface area contributed by atoms with Crippen molar-refractivity contribution in [2.75, 3.05) is 31.6 Å². The van der Waals surface area contributed by atoms with Crippen LogP contribution in [0.3, 0.4) is 0 Å². The number of hydrogen-bond acceptors (Lipinski definition) is 3. The summed E-state index contributed by atoms with van der Waals surface area (Å²) in [5, 5.41) is 3.47. The molecule has 1 heterocycles. The Morgan fingerprint density at radius 2 is 2.26 bits per heavy atom. The predicted molar refractivity (Wildman–Crippen MR) is 80.8 cm³/mol. The first kappa shape index (κ1) is 14.4. The minimum atomic E-state index is 0.286. The van der Waals surface area contributed by atoms with Crippen molar-refractivity contribution in [3.8, 4) is 0 Å². The third-order valence-corrected chi connectivity index (χ3v) is 3.71. The number of aryl methyl sites for hydroxylation is 1. The van der Waals surface area contributed by atoms with Gasteiger partial charge in [-0.3, -0.25) is 0 Å². The molecule has 19 heavy (non-hydrogen) atoms. The van der Waals surface area contributed by atoms with Gasteiger partial charge in [0, 0.05) is 39.0 Å². The Balaban J connectivity index is 1.88. The Bertz CT molecular complexity index is 406. The number of hydrogen-bond donors (Lipinski definition) is 1. The fourth-order valence-electron chi connectivity index (χ4n) is 2.71. The van der Waals surface area contributed by atoms with Gasteiger partial charge >= 0.3 is 0 Å². The van der Waals surface area contributed by atoms with Crippen molar-refractivity contribution in [3.63, 3.8) is 0 Å². The van der Waals surface area contributed by atoms with E-state index in [1.165, 1.54) is 36.2 Å². The van der Waals surface area contributed by atoms with E-state index in [0.29, 0.717) is 0 Å². The molecular formula is C16H26N2O. The quantitative estimate of drug-likeness (QED) is 0.853. The van der Waals surface area contributed by atoms with Gasteiger partial charge in [0.05, 0.1) is 6.10 Å². The number of benzene rings is 1. The Morgan fingerprint density at radius 1 is 1.42 bits per heavy atom. The fraction of sp³-hybridized carbons (Fsp3) is 0.625. The maximum Gasteiger partial charge on any atom is 0.0671 e. The second-order valence-corrected chi connectivity index (χ2v) is 5.39. The van der Waals surface area contributed by atoms with Crippen LogP contribution in [0.5, 0.6) is 0 Å². The highest BCUT2D eigenvalue weighted by Gasteiger charge is 2.13. The molecule has 0 fully saturated rings. The average molecular weight is 262 g/mol. The molecule has 3 heteroatoms. The fourth-order valence-corrected chi connectivity index (χ4v) is 2.71. The maximum absolute atomic E-state index is 5.52. The van der Waals surface area contributed by atoms with Crippen molar-refractivity contribution in [2.24, 2.45) is 0 Å². The van der Waals surface area contributed by atoms with E-state index in [-0.39, 0.29) is 6.10 Å². The van der Waals surface area contributed by atoms with Gasteiger partial charge in [-0.2, -0.15) is 0 Å². The minimum Gasteiger partial charge on any atom is -0.377 e. The molecule has 2 rings (SSSR count). The summed E-state index contributed by atoms with van der Waals surface area (Å²) in [7, 11) is 2.18. The molecule has 0 amide bonds. The maximum atomic E-state index is 5.52. The summed E-state index contributed by atoms with van der Waals surface area (Å²) in [6.07, 6.45) is 2.76. The number of nitrogens with one attached hydrogen (secondary N) is 1. The van der Waals surface area contributed by atoms with Crippen LogP contribution in [-0.2, 0) is 17.7 Å². The van der Waals surface area contributed by atoms with Crippen molar-refractivity contribution < 1.29 is 4.74 Å². The lowest BCUT2D eigenvalue weighted by Crippen LogP contribution is -2.27. The Labute approximate surface area is 116 Å². The first-order chi connectivity index (χ1) is 9.20. The zero-order valence-corrected chi connectivity index (χ0v) is 12.4. The smallest absolute Gasteiger partial charge is 0.0671 e. The minimum absolute atomic E-state index is 0.286. The molecule has 1 N–H and O–H groups in total. The summed E-state index contributed by atoms with van der Waals surface area (Å²) in [4.78, 5) is 2.35. The molecule has 0 saturated heterocycles. The lowest BCUT2D eigenvalue weighted by Gasteiger charge is -2.28. The number of anilines is 1. The molecule has 106 valence electrons. The molecule has 0 aromatic heterocycles. The zero-order chi connectivity index (χ0) is 13.7. The highest BCUT2D eigenvalue weighted by Crippen LogP contribution is 2.26. The molecule has 0 aliphatic carbocycles. The van der Waals surface area contributed by atoms with Gasteiger partial charge in [-0.1, -0.05) is 12.1 Å². The van der Waals surface area contributed by atoms with E-state index in [1.54, 1.807) is 0 Å². The second-order valence-electron chi connectivity index (χ2n) is 5.39. The normalized spacial score (nSPS) is 16.3. The van der Waals surface area contributed by atoms with Crippen molar-refractivity contribution in [3.05, 3.63) is 29.3 Å². The number of rotatable bonds is 6. The van der Waals surface area contributed by atoms with Crippen LogP contribution >= 0.6 is 0 Å². The van der Waals surface area contributed by atoms with Crippen molar-refractivity contribution >= 4 is 5.69 Å². The second kappa shape index (κ2) is 6.92. The molecule has 0 bridgehead atoms. The van der Waals surface area contributed by atoms with Gasteiger partial charge < -0.3 is 15.0 Å². The van der Waals surface area contributed by atoms with Crippen LogP contribution in [0.2, 0.25) is 0 Å². The highest BCUT2D eigenvalue weighted by molar-refractivity contribution is 5.56. The SMILES string of the molecule is CCOC(C)CNCc1ccc2c(c1)CCCN2C. The van der Waals surface area contributed by atoms with Crippen LogP contribution in [0.25, 0.3) is 0 Å². The Kier molecular flexibility index (Phi) is 5.23. The van der Waals surface area contributed by atoms with Gasteiger partial charge in [-0.15, -0.1) is 0 Å². The lowest BCUT2D eigenvalue weighted by molar-refractivity contribution is 0.0759. The van der Waals surface area contributed by atoms with Gasteiger partial charge in [-0.05, 0) is 43.9 Å². The van der Waals surface area contributed by atoms with E-state index in [2.05, 4.69) is 42.4 Å². The molecular weight excluding hydrogens is 236 g/mol. The van der Waals surface area contributed by atoms with Crippen molar-refractivity contribution in [1.29, 1.82) is 0 Å². The van der Waals surface area contributed by atoms with Gasteiger partial charge in [0.1, 0.15) is 0 Å². The first-order valence-corrected chi connectivity index (χ1v) is 7.36. The first-order valence-electron chi connectivity index (χ1n) is 7.36. The van der Waals surface area contributed by atoms with E-state index >= 15 is 0 Å². The number of ether oxygens (including phenoxy) is 1. The number of nitrogens with zero attached hydrogens (tertiary/aromatic N) is 1. The van der Waals surface area contributed by atoms with Crippen LogP contribution < -0.4 is 10.2 Å². The van der Waals surface area contributed by atoms with Gasteiger partial charge in [0.25, 0.3) is 0 Å². The molecule has 1 aliphatic rings. The molecule has 1 atom stereocenters. The van der Waals surface area contributed by atoms with Crippen LogP contribution in [0.15, 0.2) is 18.2 Å². The van der Waals surface area contributed by atoms with E-state index in [4.69, 9.17) is 4.74 Å².